The zero-order valence-electron chi connectivity index (χ0n) is 11.7. The lowest BCUT2D eigenvalue weighted by molar-refractivity contribution is 0.168. The molecule has 3 N–H and O–H groups in total. The van der Waals surface area contributed by atoms with Crippen molar-refractivity contribution in [3.05, 3.63) is 42.0 Å². The van der Waals surface area contributed by atoms with E-state index in [2.05, 4.69) is 0 Å². The van der Waals surface area contributed by atoms with Crippen LogP contribution in [0.2, 0.25) is 0 Å². The second-order valence-electron chi connectivity index (χ2n) is 4.88. The molecule has 0 saturated carbocycles. The van der Waals surface area contributed by atoms with Gasteiger partial charge in [-0.1, -0.05) is 0 Å². The number of anilines is 1. The molecule has 0 bridgehead atoms. The summed E-state index contributed by atoms with van der Waals surface area (Å²) in [5.74, 6) is 2.19. The van der Waals surface area contributed by atoms with Crippen LogP contribution in [-0.4, -0.2) is 18.3 Å². The molecular formula is C16H17NO4. The maximum atomic E-state index is 9.90. The summed E-state index contributed by atoms with van der Waals surface area (Å²) in [6.45, 7) is 2.94. The Morgan fingerprint density at radius 1 is 1.10 bits per heavy atom. The highest BCUT2D eigenvalue weighted by Gasteiger charge is 2.16. The number of phenolic OH excluding ortho intramolecular Hbond substituents is 1. The fraction of sp³-hybridized carbons (Fsp3) is 0.250. The van der Waals surface area contributed by atoms with Gasteiger partial charge in [-0.25, -0.2) is 0 Å². The van der Waals surface area contributed by atoms with Crippen molar-refractivity contribution in [3.63, 3.8) is 0 Å². The summed E-state index contributed by atoms with van der Waals surface area (Å²) in [4.78, 5) is 0. The number of fused-ring (bicyclic) bond motifs is 1. The first-order chi connectivity index (χ1) is 10.1. The van der Waals surface area contributed by atoms with Crippen molar-refractivity contribution in [1.29, 1.82) is 0 Å². The molecule has 1 aliphatic heterocycles. The van der Waals surface area contributed by atoms with Gasteiger partial charge in [0.2, 0.25) is 0 Å². The minimum absolute atomic E-state index is 0.161. The van der Waals surface area contributed by atoms with Gasteiger partial charge in [-0.15, -0.1) is 0 Å². The van der Waals surface area contributed by atoms with Crippen LogP contribution in [0.3, 0.4) is 0 Å². The van der Waals surface area contributed by atoms with Crippen LogP contribution >= 0.6 is 0 Å². The smallest absolute Gasteiger partial charge is 0.165 e. The first-order valence-corrected chi connectivity index (χ1v) is 6.78. The van der Waals surface area contributed by atoms with Crippen molar-refractivity contribution in [2.45, 2.75) is 13.0 Å². The molecule has 0 radical (unpaired) electrons. The van der Waals surface area contributed by atoms with E-state index in [-0.39, 0.29) is 11.9 Å². The predicted molar refractivity (Wildman–Crippen MR) is 79.0 cm³/mol. The van der Waals surface area contributed by atoms with Crippen LogP contribution in [0.4, 0.5) is 5.69 Å². The summed E-state index contributed by atoms with van der Waals surface area (Å²) >= 11 is 0. The van der Waals surface area contributed by atoms with E-state index in [0.717, 1.165) is 0 Å². The van der Waals surface area contributed by atoms with E-state index in [1.165, 1.54) is 0 Å². The molecule has 0 saturated heterocycles. The van der Waals surface area contributed by atoms with E-state index < -0.39 is 0 Å². The minimum atomic E-state index is -0.337. The fourth-order valence-electron chi connectivity index (χ4n) is 2.26. The topological polar surface area (TPSA) is 73.9 Å². The lowest BCUT2D eigenvalue weighted by Crippen LogP contribution is -2.15. The van der Waals surface area contributed by atoms with Crippen molar-refractivity contribution in [1.82, 2.24) is 0 Å². The zero-order chi connectivity index (χ0) is 14.8. The third-order valence-electron chi connectivity index (χ3n) is 3.32. The molecule has 0 aromatic heterocycles. The van der Waals surface area contributed by atoms with E-state index in [4.69, 9.17) is 19.9 Å². The Morgan fingerprint density at radius 2 is 1.86 bits per heavy atom. The van der Waals surface area contributed by atoms with Gasteiger partial charge in [-0.2, -0.15) is 0 Å². The molecule has 1 heterocycles. The van der Waals surface area contributed by atoms with Gasteiger partial charge >= 0.3 is 0 Å². The van der Waals surface area contributed by atoms with Crippen molar-refractivity contribution in [2.75, 3.05) is 18.9 Å². The van der Waals surface area contributed by atoms with Crippen LogP contribution in [0.15, 0.2) is 36.4 Å². The summed E-state index contributed by atoms with van der Waals surface area (Å²) in [6.07, 6.45) is -0.337. The lowest BCUT2D eigenvalue weighted by Gasteiger charge is -2.21. The van der Waals surface area contributed by atoms with Crippen LogP contribution in [0.25, 0.3) is 0 Å². The molecule has 1 unspecified atom stereocenters. The van der Waals surface area contributed by atoms with Gasteiger partial charge in [0.05, 0.1) is 0 Å². The highest BCUT2D eigenvalue weighted by atomic mass is 16.6. The fourth-order valence-corrected chi connectivity index (χ4v) is 2.26. The van der Waals surface area contributed by atoms with Crippen molar-refractivity contribution < 1.29 is 19.3 Å². The molecule has 5 heteroatoms. The Morgan fingerprint density at radius 3 is 2.67 bits per heavy atom. The number of aromatic hydroxyl groups is 1. The first-order valence-electron chi connectivity index (χ1n) is 6.78. The van der Waals surface area contributed by atoms with Crippen LogP contribution < -0.4 is 19.9 Å². The molecule has 110 valence electrons. The molecule has 2 aromatic carbocycles. The van der Waals surface area contributed by atoms with E-state index in [9.17, 15) is 5.11 Å². The minimum Gasteiger partial charge on any atom is -0.508 e. The van der Waals surface area contributed by atoms with Gasteiger partial charge in [0, 0.05) is 17.3 Å². The van der Waals surface area contributed by atoms with E-state index in [0.29, 0.717) is 41.7 Å². The summed E-state index contributed by atoms with van der Waals surface area (Å²) in [5, 5.41) is 9.90. The second kappa shape index (κ2) is 5.44. The quantitative estimate of drug-likeness (QED) is 0.670. The van der Waals surface area contributed by atoms with Crippen LogP contribution in [0.1, 0.15) is 18.6 Å². The average molecular weight is 287 g/mol. The maximum absolute atomic E-state index is 9.90. The predicted octanol–water partition coefficient (Wildman–Crippen LogP) is 2.89. The van der Waals surface area contributed by atoms with E-state index in [1.807, 2.05) is 19.1 Å². The summed E-state index contributed by atoms with van der Waals surface area (Å²) in [5.41, 5.74) is 6.97. The molecular weight excluding hydrogens is 270 g/mol. The Hall–Kier alpha value is -2.56. The van der Waals surface area contributed by atoms with Gasteiger partial charge in [-0.3, -0.25) is 0 Å². The maximum Gasteiger partial charge on any atom is 0.165 e. The molecule has 0 amide bonds. The number of hydrogen-bond acceptors (Lipinski definition) is 5. The van der Waals surface area contributed by atoms with Crippen molar-refractivity contribution in [3.8, 4) is 23.0 Å². The Balaban J connectivity index is 1.81. The van der Waals surface area contributed by atoms with Crippen molar-refractivity contribution >= 4 is 5.69 Å². The summed E-state index contributed by atoms with van der Waals surface area (Å²) < 4.78 is 16.8. The Kier molecular flexibility index (Phi) is 3.48. The number of nitrogen functional groups attached to an aromatic ring is 1. The monoisotopic (exact) mass is 287 g/mol. The first kappa shape index (κ1) is 13.4. The third-order valence-corrected chi connectivity index (χ3v) is 3.32. The van der Waals surface area contributed by atoms with Crippen LogP contribution in [-0.2, 0) is 0 Å². The average Bonchev–Trinajstić information content (AvgIpc) is 2.49. The standard InChI is InChI=1S/C16H17NO4/c1-10(13-8-11(17)2-4-14(13)18)21-12-3-5-15-16(9-12)20-7-6-19-15/h2-5,8-10,18H,6-7,17H2,1H3. The molecule has 21 heavy (non-hydrogen) atoms. The lowest BCUT2D eigenvalue weighted by atomic mass is 10.1. The molecule has 0 aliphatic carbocycles. The van der Waals surface area contributed by atoms with E-state index >= 15 is 0 Å². The second-order valence-corrected chi connectivity index (χ2v) is 4.88. The number of benzene rings is 2. The molecule has 1 atom stereocenters. The van der Waals surface area contributed by atoms with Gasteiger partial charge in [0.25, 0.3) is 0 Å². The normalized spacial score (nSPS) is 14.5. The molecule has 5 nitrogen and oxygen atoms in total. The van der Waals surface area contributed by atoms with Crippen LogP contribution in [0.5, 0.6) is 23.0 Å². The highest BCUT2D eigenvalue weighted by Crippen LogP contribution is 2.36. The number of hydrogen-bond donors (Lipinski definition) is 2. The summed E-state index contributed by atoms with van der Waals surface area (Å²) in [7, 11) is 0. The number of ether oxygens (including phenoxy) is 3. The van der Waals surface area contributed by atoms with Gasteiger partial charge in [0.1, 0.15) is 30.8 Å². The summed E-state index contributed by atoms with van der Waals surface area (Å²) in [6, 6.07) is 10.3. The Bertz CT molecular complexity index is 657. The van der Waals surface area contributed by atoms with E-state index in [1.54, 1.807) is 24.3 Å². The zero-order valence-corrected chi connectivity index (χ0v) is 11.7. The Labute approximate surface area is 122 Å². The molecule has 2 aromatic rings. The van der Waals surface area contributed by atoms with Gasteiger partial charge in [0.15, 0.2) is 11.5 Å². The van der Waals surface area contributed by atoms with Crippen LogP contribution in [0, 0.1) is 0 Å². The number of nitrogens with two attached hydrogens (primary N) is 1. The van der Waals surface area contributed by atoms with Gasteiger partial charge < -0.3 is 25.1 Å². The molecule has 1 aliphatic rings. The molecule has 3 rings (SSSR count). The van der Waals surface area contributed by atoms with Gasteiger partial charge in [-0.05, 0) is 37.3 Å². The SMILES string of the molecule is CC(Oc1ccc2c(c1)OCCO2)c1cc(N)ccc1O. The molecule has 0 fully saturated rings. The van der Waals surface area contributed by atoms with Crippen molar-refractivity contribution in [2.24, 2.45) is 0 Å². The number of phenols is 1. The highest BCUT2D eigenvalue weighted by molar-refractivity contribution is 5.49. The third kappa shape index (κ3) is 2.81. The largest absolute Gasteiger partial charge is 0.508 e. The number of rotatable bonds is 3. The molecule has 0 spiro atoms.